The third-order valence-electron chi connectivity index (χ3n) is 5.18. The van der Waals surface area contributed by atoms with Crippen LogP contribution in [-0.4, -0.2) is 33.2 Å². The highest BCUT2D eigenvalue weighted by Gasteiger charge is 2.27. The Kier molecular flexibility index (Phi) is 5.11. The van der Waals surface area contributed by atoms with Gasteiger partial charge in [0.2, 0.25) is 5.52 Å². The molecule has 0 bridgehead atoms. The molecule has 1 aliphatic heterocycles. The summed E-state index contributed by atoms with van der Waals surface area (Å²) >= 11 is 6.69. The van der Waals surface area contributed by atoms with Crippen LogP contribution in [0.5, 0.6) is 0 Å². The lowest BCUT2D eigenvalue weighted by atomic mass is 10.1. The molecule has 1 aliphatic rings. The number of hydrogen-bond acceptors (Lipinski definition) is 2. The van der Waals surface area contributed by atoms with Gasteiger partial charge in [-0.3, -0.25) is 0 Å². The number of hydrogen-bond donors (Lipinski definition) is 2. The average Bonchev–Trinajstić information content (AvgIpc) is 3.16. The Balaban J connectivity index is 1.67. The van der Waals surface area contributed by atoms with Crippen molar-refractivity contribution in [2.24, 2.45) is 0 Å². The molecule has 0 atom stereocenters. The molecule has 0 amide bonds. The first kappa shape index (κ1) is 17.3. The fraction of sp³-hybridized carbons (Fsp3) is 0.350. The lowest BCUT2D eigenvalue weighted by molar-refractivity contribution is -0.880. The average molecular weight is 374 g/mol. The van der Waals surface area contributed by atoms with Gasteiger partial charge in [-0.1, -0.05) is 12.1 Å². The summed E-state index contributed by atoms with van der Waals surface area (Å²) in [6.45, 7) is 6.04. The summed E-state index contributed by atoms with van der Waals surface area (Å²) in [7, 11) is 2.26. The molecule has 1 saturated heterocycles. The number of fused-ring (bicyclic) bond motifs is 1. The highest BCUT2D eigenvalue weighted by Crippen LogP contribution is 2.31. The number of piperazine rings is 1. The Labute approximate surface area is 158 Å². The van der Waals surface area contributed by atoms with E-state index in [0.717, 1.165) is 55.7 Å². The first-order valence-corrected chi connectivity index (χ1v) is 9.63. The zero-order chi connectivity index (χ0) is 17.9. The van der Waals surface area contributed by atoms with Gasteiger partial charge >= 0.3 is 0 Å². The van der Waals surface area contributed by atoms with Crippen molar-refractivity contribution in [1.29, 1.82) is 0 Å². The van der Waals surface area contributed by atoms with E-state index in [2.05, 4.69) is 46.5 Å². The molecule has 5 nitrogen and oxygen atoms in total. The zero-order valence-electron chi connectivity index (χ0n) is 15.1. The topological polar surface area (TPSA) is 51.6 Å². The van der Waals surface area contributed by atoms with E-state index in [0.29, 0.717) is 0 Å². The summed E-state index contributed by atoms with van der Waals surface area (Å²) in [5.74, 6) is 0.982. The Hall–Kier alpha value is -2.08. The van der Waals surface area contributed by atoms with Gasteiger partial charge in [-0.2, -0.15) is 4.98 Å². The van der Waals surface area contributed by atoms with Crippen LogP contribution >= 0.6 is 11.6 Å². The van der Waals surface area contributed by atoms with Crippen LogP contribution in [0.3, 0.4) is 0 Å². The van der Waals surface area contributed by atoms with Gasteiger partial charge in [-0.15, -0.1) is 0 Å². The minimum absolute atomic E-state index is 0.737. The van der Waals surface area contributed by atoms with Crippen LogP contribution in [0.25, 0.3) is 10.9 Å². The van der Waals surface area contributed by atoms with Gasteiger partial charge in [-0.25, -0.2) is 0 Å². The smallest absolute Gasteiger partial charge is 0.284 e. The molecule has 0 aliphatic carbocycles. The maximum atomic E-state index is 6.69. The van der Waals surface area contributed by atoms with E-state index >= 15 is 0 Å². The van der Waals surface area contributed by atoms with Gasteiger partial charge in [0.25, 0.3) is 5.15 Å². The second-order valence-electron chi connectivity index (χ2n) is 7.03. The van der Waals surface area contributed by atoms with Gasteiger partial charge in [-0.05, 0) is 29.8 Å². The number of H-pyrrole nitrogens is 1. The lowest BCUT2D eigenvalue weighted by Gasteiger charge is -2.33. The van der Waals surface area contributed by atoms with Crippen LogP contribution < -0.4 is 20.1 Å². The molecule has 6 heteroatoms. The predicted octanol–water partition coefficient (Wildman–Crippen LogP) is 0.499. The van der Waals surface area contributed by atoms with Gasteiger partial charge in [0.15, 0.2) is 5.76 Å². The number of quaternary nitrogens is 2. The first-order valence-electron chi connectivity index (χ1n) is 9.25. The van der Waals surface area contributed by atoms with Crippen molar-refractivity contribution in [3.05, 3.63) is 59.1 Å². The molecular weight excluding hydrogens is 348 g/mol. The third kappa shape index (κ3) is 3.56. The molecule has 0 unspecified atom stereocenters. The molecule has 3 heterocycles. The minimum Gasteiger partial charge on any atom is -0.463 e. The molecular formula is C20H26ClN4O+3. The van der Waals surface area contributed by atoms with Crippen LogP contribution in [0, 0.1) is 0 Å². The fourth-order valence-corrected chi connectivity index (χ4v) is 3.97. The van der Waals surface area contributed by atoms with Crippen molar-refractivity contribution in [3.8, 4) is 0 Å². The molecule has 2 aromatic heterocycles. The van der Waals surface area contributed by atoms with E-state index in [9.17, 15) is 0 Å². The lowest BCUT2D eigenvalue weighted by Crippen LogP contribution is -3.12. The normalized spacial score (nSPS) is 15.7. The van der Waals surface area contributed by atoms with E-state index in [1.807, 2.05) is 12.1 Å². The Bertz CT molecular complexity index is 873. The molecule has 0 radical (unpaired) electrons. The number of benzene rings is 1. The summed E-state index contributed by atoms with van der Waals surface area (Å²) in [5, 5.41) is 4.23. The number of nitrogens with one attached hydrogen (secondary N) is 2. The van der Waals surface area contributed by atoms with Gasteiger partial charge in [0, 0.05) is 6.07 Å². The molecule has 1 aromatic carbocycles. The molecule has 4 N–H and O–H groups in total. The van der Waals surface area contributed by atoms with Gasteiger partial charge < -0.3 is 19.5 Å². The van der Waals surface area contributed by atoms with Crippen molar-refractivity contribution in [1.82, 2.24) is 0 Å². The van der Waals surface area contributed by atoms with Gasteiger partial charge in [0.1, 0.15) is 18.7 Å². The number of nitrogens with two attached hydrogens (primary N) is 1. The Morgan fingerprint density at radius 3 is 2.73 bits per heavy atom. The van der Waals surface area contributed by atoms with Crippen LogP contribution in [0.4, 0.5) is 5.69 Å². The summed E-state index contributed by atoms with van der Waals surface area (Å²) in [6, 6.07) is 12.4. The molecule has 3 aromatic rings. The number of nitrogens with zero attached hydrogens (tertiary/aromatic N) is 1. The number of halogens is 1. The van der Waals surface area contributed by atoms with Crippen molar-refractivity contribution >= 4 is 28.2 Å². The maximum Gasteiger partial charge on any atom is 0.284 e. The molecule has 136 valence electrons. The van der Waals surface area contributed by atoms with Crippen molar-refractivity contribution in [2.75, 3.05) is 38.1 Å². The number of anilines is 1. The summed E-state index contributed by atoms with van der Waals surface area (Å²) in [5.41, 5.74) is 3.55. The second kappa shape index (κ2) is 7.66. The number of furan rings is 1. The quantitative estimate of drug-likeness (QED) is 0.640. The second-order valence-corrected chi connectivity index (χ2v) is 7.41. The summed E-state index contributed by atoms with van der Waals surface area (Å²) < 4.78 is 5.45. The molecule has 0 saturated carbocycles. The Morgan fingerprint density at radius 1 is 1.15 bits per heavy atom. The Morgan fingerprint density at radius 2 is 1.96 bits per heavy atom. The SMILES string of the molecule is C[NH+]1CCN(c2c(C[NH2+]Cc3ccco3)c(Cl)[nH+]c3ccccc23)CC1. The van der Waals surface area contributed by atoms with Crippen LogP contribution in [-0.2, 0) is 13.1 Å². The molecule has 1 fully saturated rings. The van der Waals surface area contributed by atoms with E-state index in [1.54, 1.807) is 11.2 Å². The van der Waals surface area contributed by atoms with E-state index in [4.69, 9.17) is 16.0 Å². The molecule has 4 rings (SSSR count). The summed E-state index contributed by atoms with van der Waals surface area (Å²) in [4.78, 5) is 7.47. The highest BCUT2D eigenvalue weighted by molar-refractivity contribution is 6.30. The van der Waals surface area contributed by atoms with Crippen LogP contribution in [0.2, 0.25) is 5.15 Å². The monoisotopic (exact) mass is 373 g/mol. The van der Waals surface area contributed by atoms with E-state index in [1.165, 1.54) is 16.6 Å². The number of likely N-dealkylation sites (N-methyl/N-ethyl adjacent to an activating group) is 1. The third-order valence-corrected chi connectivity index (χ3v) is 5.51. The fourth-order valence-electron chi connectivity index (χ4n) is 3.71. The van der Waals surface area contributed by atoms with Crippen molar-refractivity contribution in [3.63, 3.8) is 0 Å². The first-order chi connectivity index (χ1) is 12.7. The van der Waals surface area contributed by atoms with Crippen molar-refractivity contribution < 1.29 is 19.6 Å². The number of rotatable bonds is 5. The number of para-hydroxylation sites is 1. The number of pyridine rings is 1. The van der Waals surface area contributed by atoms with E-state index < -0.39 is 0 Å². The van der Waals surface area contributed by atoms with Crippen molar-refractivity contribution in [2.45, 2.75) is 13.1 Å². The summed E-state index contributed by atoms with van der Waals surface area (Å²) in [6.07, 6.45) is 1.72. The minimum atomic E-state index is 0.737. The molecule has 26 heavy (non-hydrogen) atoms. The number of aromatic nitrogens is 1. The predicted molar refractivity (Wildman–Crippen MR) is 102 cm³/mol. The van der Waals surface area contributed by atoms with E-state index in [-0.39, 0.29) is 0 Å². The molecule has 0 spiro atoms. The maximum absolute atomic E-state index is 6.69. The number of aromatic amines is 1. The standard InChI is InChI=1S/C20H23ClN4O/c1-24-8-10-25(11-9-24)19-16-6-2-3-7-18(16)23-20(21)17(19)14-22-13-15-5-4-12-26-15/h2-7,12,22H,8-11,13-14H2,1H3/p+3. The van der Waals surface area contributed by atoms with Crippen LogP contribution in [0.15, 0.2) is 47.1 Å². The van der Waals surface area contributed by atoms with Crippen LogP contribution in [0.1, 0.15) is 11.3 Å². The highest BCUT2D eigenvalue weighted by atomic mass is 35.5. The zero-order valence-corrected chi connectivity index (χ0v) is 15.9. The largest absolute Gasteiger partial charge is 0.463 e. The van der Waals surface area contributed by atoms with Gasteiger partial charge in [0.05, 0.1) is 50.6 Å².